The van der Waals surface area contributed by atoms with Crippen molar-refractivity contribution in [1.82, 2.24) is 19.2 Å². The summed E-state index contributed by atoms with van der Waals surface area (Å²) in [4.78, 5) is 13.0. The molecule has 0 unspecified atom stereocenters. The summed E-state index contributed by atoms with van der Waals surface area (Å²) in [7, 11) is 1.63. The molecule has 0 spiro atoms. The number of aryl methyl sites for hydroxylation is 1. The number of hydrogen-bond acceptors (Lipinski definition) is 5. The first-order chi connectivity index (χ1) is 14.1. The first-order valence-corrected chi connectivity index (χ1v) is 10.4. The van der Waals surface area contributed by atoms with Crippen LogP contribution in [0.2, 0.25) is 5.02 Å². The second-order valence-corrected chi connectivity index (χ2v) is 7.81. The molecule has 0 aliphatic carbocycles. The predicted molar refractivity (Wildman–Crippen MR) is 112 cm³/mol. The van der Waals surface area contributed by atoms with Gasteiger partial charge in [0.1, 0.15) is 5.82 Å². The van der Waals surface area contributed by atoms with Gasteiger partial charge in [0.05, 0.1) is 10.9 Å². The zero-order valence-electron chi connectivity index (χ0n) is 15.6. The zero-order valence-corrected chi connectivity index (χ0v) is 17.2. The number of benzene rings is 2. The van der Waals surface area contributed by atoms with E-state index < -0.39 is 0 Å². The Morgan fingerprint density at radius 2 is 2.03 bits per heavy atom. The van der Waals surface area contributed by atoms with Crippen LogP contribution < -0.4 is 5.56 Å². The monoisotopic (exact) mass is 432 g/mol. The van der Waals surface area contributed by atoms with Crippen LogP contribution in [0.15, 0.2) is 52.4 Å². The zero-order chi connectivity index (χ0) is 20.4. The largest absolute Gasteiger partial charge is 0.385 e. The number of nitrogens with zero attached hydrogens (tertiary/aromatic N) is 4. The average Bonchev–Trinajstić information content (AvgIpc) is 3.14. The number of thioether (sulfide) groups is 1. The molecule has 4 rings (SSSR count). The summed E-state index contributed by atoms with van der Waals surface area (Å²) in [6.45, 7) is 1.03. The normalized spacial score (nSPS) is 11.6. The van der Waals surface area contributed by atoms with Gasteiger partial charge in [0.15, 0.2) is 5.16 Å². The quantitative estimate of drug-likeness (QED) is 0.324. The fourth-order valence-corrected chi connectivity index (χ4v) is 4.43. The van der Waals surface area contributed by atoms with Crippen LogP contribution in [0.25, 0.3) is 16.7 Å². The molecule has 150 valence electrons. The minimum Gasteiger partial charge on any atom is -0.385 e. The number of methoxy groups -OCH3 is 1. The number of fused-ring (bicyclic) bond motifs is 3. The number of halogens is 2. The molecule has 0 saturated heterocycles. The highest BCUT2D eigenvalue weighted by molar-refractivity contribution is 7.98. The maximum Gasteiger partial charge on any atom is 0.262 e. The van der Waals surface area contributed by atoms with Gasteiger partial charge in [0, 0.05) is 31.0 Å². The van der Waals surface area contributed by atoms with Gasteiger partial charge in [-0.2, -0.15) is 0 Å². The number of hydrogen-bond donors (Lipinski definition) is 0. The molecule has 2 aromatic heterocycles. The molecular weight excluding hydrogens is 415 g/mol. The summed E-state index contributed by atoms with van der Waals surface area (Å²) in [5, 5.41) is 10.2. The van der Waals surface area contributed by atoms with Gasteiger partial charge in [0.25, 0.3) is 5.56 Å². The Morgan fingerprint density at radius 3 is 2.83 bits per heavy atom. The van der Waals surface area contributed by atoms with Crippen molar-refractivity contribution >= 4 is 40.0 Å². The second kappa shape index (κ2) is 8.52. The summed E-state index contributed by atoms with van der Waals surface area (Å²) >= 11 is 7.58. The maximum atomic E-state index is 13.3. The highest BCUT2D eigenvalue weighted by atomic mass is 35.5. The summed E-state index contributed by atoms with van der Waals surface area (Å²) < 4.78 is 21.9. The molecule has 0 fully saturated rings. The number of aromatic nitrogens is 4. The van der Waals surface area contributed by atoms with Crippen LogP contribution in [0.3, 0.4) is 0 Å². The van der Waals surface area contributed by atoms with Crippen molar-refractivity contribution in [2.75, 3.05) is 13.7 Å². The third-order valence-electron chi connectivity index (χ3n) is 4.58. The van der Waals surface area contributed by atoms with Gasteiger partial charge in [-0.3, -0.25) is 13.8 Å². The number of rotatable bonds is 7. The first-order valence-electron chi connectivity index (χ1n) is 9.02. The molecule has 2 heterocycles. The van der Waals surface area contributed by atoms with Crippen LogP contribution in [-0.2, 0) is 17.0 Å². The predicted octanol–water partition coefficient (Wildman–Crippen LogP) is 4.17. The molecule has 0 aliphatic heterocycles. The van der Waals surface area contributed by atoms with Gasteiger partial charge in [-0.25, -0.2) is 4.39 Å². The minimum absolute atomic E-state index is 0.102. The molecule has 0 saturated carbocycles. The Balaban J connectivity index is 1.78. The Labute approximate surface area is 175 Å². The smallest absolute Gasteiger partial charge is 0.262 e. The number of ether oxygens (including phenoxy) is 1. The van der Waals surface area contributed by atoms with E-state index in [-0.39, 0.29) is 11.4 Å². The lowest BCUT2D eigenvalue weighted by Gasteiger charge is -2.11. The van der Waals surface area contributed by atoms with Gasteiger partial charge in [0.2, 0.25) is 5.78 Å². The van der Waals surface area contributed by atoms with E-state index >= 15 is 0 Å². The average molecular weight is 433 g/mol. The lowest BCUT2D eigenvalue weighted by Crippen LogP contribution is -2.24. The maximum absolute atomic E-state index is 13.3. The van der Waals surface area contributed by atoms with Gasteiger partial charge >= 0.3 is 0 Å². The van der Waals surface area contributed by atoms with Gasteiger partial charge in [-0.15, -0.1) is 10.2 Å². The van der Waals surface area contributed by atoms with E-state index in [2.05, 4.69) is 10.2 Å². The molecule has 0 N–H and O–H groups in total. The Kier molecular flexibility index (Phi) is 5.84. The lowest BCUT2D eigenvalue weighted by molar-refractivity contribution is 0.190. The molecule has 2 aromatic carbocycles. The van der Waals surface area contributed by atoms with Crippen molar-refractivity contribution in [3.63, 3.8) is 0 Å². The van der Waals surface area contributed by atoms with Crippen LogP contribution in [0, 0.1) is 5.82 Å². The molecule has 29 heavy (non-hydrogen) atoms. The summed E-state index contributed by atoms with van der Waals surface area (Å²) in [5.41, 5.74) is 1.44. The molecule has 0 radical (unpaired) electrons. The summed E-state index contributed by atoms with van der Waals surface area (Å²) in [6.07, 6.45) is 0.685. The minimum atomic E-state index is -0.372. The molecule has 6 nitrogen and oxygen atoms in total. The Bertz CT molecular complexity index is 1240. The van der Waals surface area contributed by atoms with E-state index in [1.54, 1.807) is 23.8 Å². The third kappa shape index (κ3) is 3.88. The third-order valence-corrected chi connectivity index (χ3v) is 5.91. The molecule has 4 aromatic rings. The van der Waals surface area contributed by atoms with E-state index in [0.29, 0.717) is 46.7 Å². The fraction of sp³-hybridized carbons (Fsp3) is 0.250. The van der Waals surface area contributed by atoms with E-state index in [1.807, 2.05) is 22.6 Å². The molecule has 0 aliphatic rings. The molecule has 9 heteroatoms. The topological polar surface area (TPSA) is 61.4 Å². The molecule has 0 bridgehead atoms. The standard InChI is InChI=1S/C20H18ClFN4O2S/c1-28-10-4-9-25-18(27)15-5-2-3-6-17(15)26-19(25)23-24-20(26)29-12-13-7-8-14(22)11-16(13)21/h2-3,5-8,11H,4,9-10,12H2,1H3. The van der Waals surface area contributed by atoms with Crippen molar-refractivity contribution in [1.29, 1.82) is 0 Å². The molecule has 0 amide bonds. The van der Waals surface area contributed by atoms with Gasteiger partial charge in [-0.1, -0.05) is 41.6 Å². The van der Waals surface area contributed by atoms with Crippen molar-refractivity contribution in [3.05, 3.63) is 69.2 Å². The van der Waals surface area contributed by atoms with Crippen molar-refractivity contribution in [2.45, 2.75) is 23.9 Å². The molecular formula is C20H18ClFN4O2S. The Morgan fingerprint density at radius 1 is 1.21 bits per heavy atom. The highest BCUT2D eigenvalue weighted by Crippen LogP contribution is 2.28. The SMILES string of the molecule is COCCCn1c(=O)c2ccccc2n2c(SCc3ccc(F)cc3Cl)nnc12. The van der Waals surface area contributed by atoms with Gasteiger partial charge < -0.3 is 4.74 Å². The highest BCUT2D eigenvalue weighted by Gasteiger charge is 2.17. The lowest BCUT2D eigenvalue weighted by atomic mass is 10.2. The van der Waals surface area contributed by atoms with Gasteiger partial charge in [-0.05, 0) is 36.2 Å². The first kappa shape index (κ1) is 19.9. The fourth-order valence-electron chi connectivity index (χ4n) is 3.18. The van der Waals surface area contributed by atoms with Crippen LogP contribution in [0.5, 0.6) is 0 Å². The van der Waals surface area contributed by atoms with Crippen molar-refractivity contribution in [2.24, 2.45) is 0 Å². The van der Waals surface area contributed by atoms with Crippen LogP contribution in [0.1, 0.15) is 12.0 Å². The molecule has 0 atom stereocenters. The Hall–Kier alpha value is -2.42. The van der Waals surface area contributed by atoms with Crippen molar-refractivity contribution in [3.8, 4) is 0 Å². The van der Waals surface area contributed by atoms with E-state index in [1.165, 1.54) is 23.9 Å². The van der Waals surface area contributed by atoms with E-state index in [9.17, 15) is 9.18 Å². The number of para-hydroxylation sites is 1. The van der Waals surface area contributed by atoms with Crippen LogP contribution in [0.4, 0.5) is 4.39 Å². The van der Waals surface area contributed by atoms with Crippen LogP contribution >= 0.6 is 23.4 Å². The summed E-state index contributed by atoms with van der Waals surface area (Å²) in [6, 6.07) is 11.7. The van der Waals surface area contributed by atoms with E-state index in [4.69, 9.17) is 16.3 Å². The second-order valence-electron chi connectivity index (χ2n) is 6.46. The van der Waals surface area contributed by atoms with E-state index in [0.717, 1.165) is 11.1 Å². The van der Waals surface area contributed by atoms with Crippen molar-refractivity contribution < 1.29 is 9.13 Å². The van der Waals surface area contributed by atoms with Crippen LogP contribution in [-0.4, -0.2) is 32.9 Å². The summed E-state index contributed by atoms with van der Waals surface area (Å²) in [5.74, 6) is 0.608.